The van der Waals surface area contributed by atoms with E-state index < -0.39 is 11.0 Å². The zero-order valence-electron chi connectivity index (χ0n) is 13.5. The van der Waals surface area contributed by atoms with Gasteiger partial charge in [-0.15, -0.1) is 0 Å². The maximum absolute atomic E-state index is 10.9. The molecule has 0 saturated heterocycles. The van der Waals surface area contributed by atoms with E-state index in [4.69, 9.17) is 4.42 Å². The highest BCUT2D eigenvalue weighted by Crippen LogP contribution is 2.28. The van der Waals surface area contributed by atoms with Crippen molar-refractivity contribution in [3.8, 4) is 0 Å². The second-order valence-electron chi connectivity index (χ2n) is 6.31. The number of non-ortho nitro benzene ring substituents is 1. The minimum atomic E-state index is -0.763. The number of hydrogen-bond donors (Lipinski definition) is 1. The van der Waals surface area contributed by atoms with Crippen LogP contribution in [0.4, 0.5) is 5.69 Å². The van der Waals surface area contributed by atoms with E-state index in [-0.39, 0.29) is 5.69 Å². The Hall–Kier alpha value is -2.18. The molecule has 0 bridgehead atoms. The number of rotatable bonds is 7. The Labute approximate surface area is 140 Å². The quantitative estimate of drug-likeness (QED) is 0.619. The highest BCUT2D eigenvalue weighted by Gasteiger charge is 2.26. The minimum absolute atomic E-state index is 0.00463. The third-order valence-electron chi connectivity index (χ3n) is 4.65. The molecule has 1 aliphatic rings. The maximum atomic E-state index is 10.9. The summed E-state index contributed by atoms with van der Waals surface area (Å²) in [4.78, 5) is 12.7. The van der Waals surface area contributed by atoms with Gasteiger partial charge in [-0.2, -0.15) is 0 Å². The van der Waals surface area contributed by atoms with Gasteiger partial charge >= 0.3 is 0 Å². The molecule has 1 saturated carbocycles. The van der Waals surface area contributed by atoms with E-state index in [1.807, 2.05) is 12.1 Å². The van der Waals surface area contributed by atoms with Crippen molar-refractivity contribution in [1.82, 2.24) is 4.90 Å². The van der Waals surface area contributed by atoms with Crippen LogP contribution in [0.5, 0.6) is 0 Å². The number of nitrogens with zero attached hydrogens (tertiary/aromatic N) is 2. The van der Waals surface area contributed by atoms with Gasteiger partial charge < -0.3 is 9.52 Å². The summed E-state index contributed by atoms with van der Waals surface area (Å²) >= 11 is 0. The lowest BCUT2D eigenvalue weighted by Crippen LogP contribution is -2.36. The molecule has 0 spiro atoms. The highest BCUT2D eigenvalue weighted by molar-refractivity contribution is 5.35. The third kappa shape index (κ3) is 4.01. The molecule has 0 radical (unpaired) electrons. The number of aliphatic hydroxyl groups excluding tert-OH is 1. The second-order valence-corrected chi connectivity index (χ2v) is 6.31. The van der Waals surface area contributed by atoms with Crippen molar-refractivity contribution in [2.75, 3.05) is 6.54 Å². The van der Waals surface area contributed by atoms with Crippen LogP contribution in [0, 0.1) is 10.1 Å². The van der Waals surface area contributed by atoms with Crippen molar-refractivity contribution in [3.05, 3.63) is 64.1 Å². The van der Waals surface area contributed by atoms with Crippen LogP contribution >= 0.6 is 0 Å². The maximum Gasteiger partial charge on any atom is 0.269 e. The van der Waals surface area contributed by atoms with E-state index in [1.165, 1.54) is 25.0 Å². The molecule has 128 valence electrons. The molecule has 6 heteroatoms. The lowest BCUT2D eigenvalue weighted by atomic mass is 10.1. The molecule has 2 aromatic rings. The van der Waals surface area contributed by atoms with Gasteiger partial charge in [0.05, 0.1) is 23.8 Å². The molecule has 6 nitrogen and oxygen atoms in total. The highest BCUT2D eigenvalue weighted by atomic mass is 16.6. The van der Waals surface area contributed by atoms with Crippen molar-refractivity contribution >= 4 is 5.69 Å². The summed E-state index contributed by atoms with van der Waals surface area (Å²) < 4.78 is 5.45. The number of nitro groups is 1. The molecule has 0 aliphatic heterocycles. The van der Waals surface area contributed by atoms with Crippen molar-refractivity contribution in [2.45, 2.75) is 44.4 Å². The summed E-state index contributed by atoms with van der Waals surface area (Å²) in [5.74, 6) is 0.869. The molecular formula is C18H22N2O4. The van der Waals surface area contributed by atoms with Crippen LogP contribution in [0.1, 0.15) is 43.1 Å². The monoisotopic (exact) mass is 330 g/mol. The van der Waals surface area contributed by atoms with Crippen molar-refractivity contribution in [1.29, 1.82) is 0 Å². The SMILES string of the molecule is O=[N+]([O-])c1cccc(C(O)CN(Cc2ccco2)C2CCCC2)c1. The predicted octanol–water partition coefficient (Wildman–Crippen LogP) is 3.67. The Morgan fingerprint density at radius 2 is 2.08 bits per heavy atom. The lowest BCUT2D eigenvalue weighted by molar-refractivity contribution is -0.385. The fraction of sp³-hybridized carbons (Fsp3) is 0.444. The van der Waals surface area contributed by atoms with Gasteiger partial charge in [-0.1, -0.05) is 25.0 Å². The van der Waals surface area contributed by atoms with Gasteiger partial charge in [0.1, 0.15) is 5.76 Å². The molecular weight excluding hydrogens is 308 g/mol. The molecule has 24 heavy (non-hydrogen) atoms. The summed E-state index contributed by atoms with van der Waals surface area (Å²) in [6.07, 6.45) is 5.52. The molecule has 1 N–H and O–H groups in total. The fourth-order valence-corrected chi connectivity index (χ4v) is 3.39. The normalized spacial score (nSPS) is 16.6. The Balaban J connectivity index is 1.73. The summed E-state index contributed by atoms with van der Waals surface area (Å²) in [5, 5.41) is 21.5. The number of benzene rings is 1. The smallest absolute Gasteiger partial charge is 0.269 e. The number of furan rings is 1. The largest absolute Gasteiger partial charge is 0.468 e. The zero-order valence-corrected chi connectivity index (χ0v) is 13.5. The fourth-order valence-electron chi connectivity index (χ4n) is 3.39. The van der Waals surface area contributed by atoms with E-state index in [1.54, 1.807) is 18.4 Å². The van der Waals surface area contributed by atoms with Crippen molar-refractivity contribution < 1.29 is 14.4 Å². The molecule has 1 heterocycles. The van der Waals surface area contributed by atoms with Gasteiger partial charge in [0, 0.05) is 24.7 Å². The summed E-state index contributed by atoms with van der Waals surface area (Å²) in [5.41, 5.74) is 0.580. The molecule has 1 unspecified atom stereocenters. The van der Waals surface area contributed by atoms with Crippen molar-refractivity contribution in [2.24, 2.45) is 0 Å². The van der Waals surface area contributed by atoms with Crippen LogP contribution in [0.2, 0.25) is 0 Å². The molecule has 1 atom stereocenters. The number of hydrogen-bond acceptors (Lipinski definition) is 5. The van der Waals surface area contributed by atoms with E-state index >= 15 is 0 Å². The standard InChI is InChI=1S/C18H22N2O4/c21-18(14-5-3-8-16(11-14)20(22)23)13-19(15-6-1-2-7-15)12-17-9-4-10-24-17/h3-5,8-11,15,18,21H,1-2,6-7,12-13H2. The first-order valence-electron chi connectivity index (χ1n) is 8.32. The summed E-state index contributed by atoms with van der Waals surface area (Å²) in [6.45, 7) is 1.08. The molecule has 3 rings (SSSR count). The molecule has 1 fully saturated rings. The van der Waals surface area contributed by atoms with Gasteiger partial charge in [-0.05, 0) is 30.5 Å². The van der Waals surface area contributed by atoms with Crippen LogP contribution < -0.4 is 0 Å². The van der Waals surface area contributed by atoms with E-state index in [0.29, 0.717) is 24.7 Å². The van der Waals surface area contributed by atoms with Crippen LogP contribution in [-0.4, -0.2) is 27.5 Å². The topological polar surface area (TPSA) is 79.8 Å². The Morgan fingerprint density at radius 1 is 1.29 bits per heavy atom. The first-order valence-corrected chi connectivity index (χ1v) is 8.32. The minimum Gasteiger partial charge on any atom is -0.468 e. The van der Waals surface area contributed by atoms with Crippen LogP contribution in [0.15, 0.2) is 47.1 Å². The molecule has 0 amide bonds. The second kappa shape index (κ2) is 7.59. The lowest BCUT2D eigenvalue weighted by Gasteiger charge is -2.30. The van der Waals surface area contributed by atoms with Crippen LogP contribution in [0.25, 0.3) is 0 Å². The van der Waals surface area contributed by atoms with E-state index in [0.717, 1.165) is 18.6 Å². The van der Waals surface area contributed by atoms with Crippen molar-refractivity contribution in [3.63, 3.8) is 0 Å². The molecule has 1 aromatic carbocycles. The zero-order chi connectivity index (χ0) is 16.9. The number of aliphatic hydroxyl groups is 1. The first-order chi connectivity index (χ1) is 11.6. The van der Waals surface area contributed by atoms with Crippen LogP contribution in [-0.2, 0) is 6.54 Å². The molecule has 1 aromatic heterocycles. The average molecular weight is 330 g/mol. The van der Waals surface area contributed by atoms with Gasteiger partial charge in [0.15, 0.2) is 0 Å². The van der Waals surface area contributed by atoms with Crippen LogP contribution in [0.3, 0.4) is 0 Å². The van der Waals surface area contributed by atoms with E-state index in [9.17, 15) is 15.2 Å². The summed E-state index contributed by atoms with van der Waals surface area (Å²) in [6, 6.07) is 10.4. The van der Waals surface area contributed by atoms with Gasteiger partial charge in [0.25, 0.3) is 5.69 Å². The Bertz CT molecular complexity index is 665. The Morgan fingerprint density at radius 3 is 2.75 bits per heavy atom. The third-order valence-corrected chi connectivity index (χ3v) is 4.65. The van der Waals surface area contributed by atoms with Gasteiger partial charge in [-0.3, -0.25) is 15.0 Å². The Kier molecular flexibility index (Phi) is 5.27. The van der Waals surface area contributed by atoms with Gasteiger partial charge in [0.2, 0.25) is 0 Å². The average Bonchev–Trinajstić information content (AvgIpc) is 3.28. The molecule has 1 aliphatic carbocycles. The van der Waals surface area contributed by atoms with E-state index in [2.05, 4.69) is 4.90 Å². The number of nitro benzene ring substituents is 1. The van der Waals surface area contributed by atoms with Gasteiger partial charge in [-0.25, -0.2) is 0 Å². The summed E-state index contributed by atoms with van der Waals surface area (Å²) in [7, 11) is 0. The predicted molar refractivity (Wildman–Crippen MR) is 89.4 cm³/mol. The first kappa shape index (κ1) is 16.7.